The number of para-hydroxylation sites is 1. The first kappa shape index (κ1) is 34.5. The van der Waals surface area contributed by atoms with Crippen LogP contribution in [0.25, 0.3) is 22.3 Å². The second kappa shape index (κ2) is 18.6. The summed E-state index contributed by atoms with van der Waals surface area (Å²) in [7, 11) is 7.77. The quantitative estimate of drug-likeness (QED) is 0.0895. The van der Waals surface area contributed by atoms with Gasteiger partial charge in [-0.2, -0.15) is 24.3 Å². The summed E-state index contributed by atoms with van der Waals surface area (Å²) in [4.78, 5) is 0. The molecule has 0 radical (unpaired) electrons. The number of rotatable bonds is 7. The van der Waals surface area contributed by atoms with Gasteiger partial charge in [0, 0.05) is 5.56 Å². The van der Waals surface area contributed by atoms with Crippen LogP contribution in [0.5, 0.6) is 11.5 Å². The van der Waals surface area contributed by atoms with Crippen molar-refractivity contribution in [1.82, 2.24) is 0 Å². The summed E-state index contributed by atoms with van der Waals surface area (Å²) in [6, 6.07) is 35.2. The van der Waals surface area contributed by atoms with Crippen LogP contribution in [0, 0.1) is 12.1 Å². The molecule has 0 spiro atoms. The van der Waals surface area contributed by atoms with Gasteiger partial charge >= 0.3 is 27.7 Å². The molecule has 0 heterocycles. The Balaban J connectivity index is 0.000000245. The molecular formula is C38H44ClNO2PPd-. The van der Waals surface area contributed by atoms with Crippen LogP contribution in [-0.4, -0.2) is 25.5 Å². The zero-order valence-electron chi connectivity index (χ0n) is 25.8. The monoisotopic (exact) mass is 718 g/mol. The predicted molar refractivity (Wildman–Crippen MR) is 185 cm³/mol. The molecule has 0 bridgehead atoms. The van der Waals surface area contributed by atoms with E-state index < -0.39 is 0 Å². The number of nitrogens with two attached hydrogens (primary N) is 1. The first-order valence-corrected chi connectivity index (χ1v) is 19.1. The molecule has 2 N–H and O–H groups in total. The van der Waals surface area contributed by atoms with Gasteiger partial charge in [-0.15, -0.1) is 46.8 Å². The molecule has 6 heteroatoms. The van der Waals surface area contributed by atoms with Gasteiger partial charge in [0.25, 0.3) is 0 Å². The third-order valence-corrected chi connectivity index (χ3v) is 12.2. The Hall–Kier alpha value is -2.34. The Morgan fingerprint density at radius 3 is 1.75 bits per heavy atom. The second-order valence-electron chi connectivity index (χ2n) is 11.3. The van der Waals surface area contributed by atoms with Gasteiger partial charge in [0.2, 0.25) is 0 Å². The van der Waals surface area contributed by atoms with E-state index in [4.69, 9.17) is 15.2 Å². The van der Waals surface area contributed by atoms with Crippen LogP contribution in [-0.2, 0) is 18.2 Å². The Kier molecular flexibility index (Phi) is 14.6. The van der Waals surface area contributed by atoms with Gasteiger partial charge in [0.1, 0.15) is 11.5 Å². The molecule has 0 aliphatic heterocycles. The third kappa shape index (κ3) is 8.89. The molecule has 2 aliphatic carbocycles. The molecule has 3 nitrogen and oxygen atoms in total. The molecule has 0 saturated heterocycles. The number of benzene rings is 4. The Labute approximate surface area is 281 Å². The van der Waals surface area contributed by atoms with Gasteiger partial charge in [-0.25, -0.2) is 0 Å². The molecule has 2 fully saturated rings. The summed E-state index contributed by atoms with van der Waals surface area (Å²) in [6.45, 7) is 0. The number of nitrogen functional groups attached to an aromatic ring is 1. The topological polar surface area (TPSA) is 44.5 Å². The van der Waals surface area contributed by atoms with E-state index >= 15 is 0 Å². The van der Waals surface area contributed by atoms with Crippen LogP contribution >= 0.6 is 17.5 Å². The molecule has 0 aromatic heterocycles. The van der Waals surface area contributed by atoms with Gasteiger partial charge in [-0.05, 0) is 60.9 Å². The first-order chi connectivity index (χ1) is 21.7. The van der Waals surface area contributed by atoms with E-state index in [9.17, 15) is 0 Å². The van der Waals surface area contributed by atoms with Crippen molar-refractivity contribution in [3.63, 3.8) is 0 Å². The number of ether oxygens (including phenoxy) is 2. The van der Waals surface area contributed by atoms with Gasteiger partial charge < -0.3 is 15.2 Å². The SMILES string of the molecule is COc1cccc(OC)c1-c1ccc[c-]c1P(C1CCCCC1)C1CCCCC1.Nc1ccccc1-c1[c-]cccc1.[Cl][Pd+]. The first-order valence-electron chi connectivity index (χ1n) is 15.6. The summed E-state index contributed by atoms with van der Waals surface area (Å²) < 4.78 is 11.6. The average molecular weight is 720 g/mol. The van der Waals surface area contributed by atoms with E-state index in [1.165, 1.54) is 75.1 Å². The fraction of sp³-hybridized carbons (Fsp3) is 0.368. The van der Waals surface area contributed by atoms with Crippen LogP contribution < -0.4 is 20.5 Å². The molecule has 236 valence electrons. The average Bonchev–Trinajstić information content (AvgIpc) is 3.11. The van der Waals surface area contributed by atoms with Crippen LogP contribution in [0.15, 0.2) is 84.9 Å². The van der Waals surface area contributed by atoms with Crippen molar-refractivity contribution in [3.05, 3.63) is 97.1 Å². The predicted octanol–water partition coefficient (Wildman–Crippen LogP) is 10.4. The number of anilines is 1. The van der Waals surface area contributed by atoms with E-state index in [0.29, 0.717) is 0 Å². The standard InChI is InChI=1S/C26H34O2P.C12H10N.ClH.Pd/c1-27-23-17-11-18-24(28-2)26(23)22-16-9-10-19-25(22)29(20-12-5-3-6-13-20)21-14-7-4-8-15-21;13-12-9-5-4-8-11(12)10-6-2-1-3-7-10;;/h9-11,16-18,20-21H,3-8,12-15H2,1-2H3;1-6,8-9H,13H2;1H;/q2*-1;;+2/p-1. The summed E-state index contributed by atoms with van der Waals surface area (Å²) in [5, 5.41) is 1.46. The maximum absolute atomic E-state index is 5.83. The van der Waals surface area contributed by atoms with Gasteiger partial charge in [0.15, 0.2) is 0 Å². The Morgan fingerprint density at radius 2 is 1.20 bits per heavy atom. The number of halogens is 1. The minimum absolute atomic E-state index is 0.238. The number of hydrogen-bond donors (Lipinski definition) is 1. The van der Waals surface area contributed by atoms with E-state index in [2.05, 4.69) is 70.2 Å². The number of methoxy groups -OCH3 is 2. The molecule has 0 atom stereocenters. The molecule has 4 aromatic carbocycles. The van der Waals surface area contributed by atoms with Crippen molar-refractivity contribution in [2.75, 3.05) is 20.0 Å². The van der Waals surface area contributed by atoms with Crippen molar-refractivity contribution >= 4 is 28.4 Å². The molecule has 0 amide bonds. The van der Waals surface area contributed by atoms with Crippen LogP contribution in [0.2, 0.25) is 0 Å². The molecule has 6 rings (SSSR count). The van der Waals surface area contributed by atoms with Gasteiger partial charge in [-0.3, -0.25) is 0 Å². The van der Waals surface area contributed by atoms with Crippen molar-refractivity contribution in [1.29, 1.82) is 0 Å². The zero-order valence-corrected chi connectivity index (χ0v) is 29.0. The van der Waals surface area contributed by atoms with Crippen molar-refractivity contribution < 1.29 is 27.7 Å². The van der Waals surface area contributed by atoms with E-state index in [-0.39, 0.29) is 7.92 Å². The van der Waals surface area contributed by atoms with E-state index in [1.54, 1.807) is 14.2 Å². The van der Waals surface area contributed by atoms with Gasteiger partial charge in [0.05, 0.1) is 14.2 Å². The van der Waals surface area contributed by atoms with Gasteiger partial charge in [-0.1, -0.05) is 76.3 Å². The van der Waals surface area contributed by atoms with E-state index in [0.717, 1.165) is 45.2 Å². The van der Waals surface area contributed by atoms with Crippen molar-refractivity contribution in [3.8, 4) is 33.8 Å². The molecule has 2 saturated carbocycles. The third-order valence-electron chi connectivity index (χ3n) is 8.69. The fourth-order valence-corrected chi connectivity index (χ4v) is 10.5. The van der Waals surface area contributed by atoms with Crippen LogP contribution in [0.1, 0.15) is 64.2 Å². The normalized spacial score (nSPS) is 15.4. The fourth-order valence-electron chi connectivity index (χ4n) is 6.64. The van der Waals surface area contributed by atoms with Crippen molar-refractivity contribution in [2.45, 2.75) is 75.5 Å². The second-order valence-corrected chi connectivity index (χ2v) is 14.0. The Morgan fingerprint density at radius 1 is 0.659 bits per heavy atom. The summed E-state index contributed by atoms with van der Waals surface area (Å²) in [5.74, 6) is 1.79. The summed E-state index contributed by atoms with van der Waals surface area (Å²) >= 11 is 2.22. The summed E-state index contributed by atoms with van der Waals surface area (Å²) in [6.07, 6.45) is 14.0. The molecule has 2 aliphatic rings. The molecular weight excluding hydrogens is 675 g/mol. The molecule has 4 aromatic rings. The molecule has 44 heavy (non-hydrogen) atoms. The van der Waals surface area contributed by atoms with E-state index in [1.807, 2.05) is 54.6 Å². The maximum atomic E-state index is 5.83. The van der Waals surface area contributed by atoms with Crippen molar-refractivity contribution in [2.24, 2.45) is 0 Å². The molecule has 0 unspecified atom stereocenters. The Bertz CT molecular complexity index is 1370. The van der Waals surface area contributed by atoms with Crippen LogP contribution in [0.4, 0.5) is 5.69 Å². The number of hydrogen-bond acceptors (Lipinski definition) is 3. The van der Waals surface area contributed by atoms with Crippen LogP contribution in [0.3, 0.4) is 0 Å². The minimum atomic E-state index is -0.238. The summed E-state index contributed by atoms with van der Waals surface area (Å²) in [5.41, 5.74) is 12.8. The zero-order chi connectivity index (χ0) is 31.1.